The number of rotatable bonds is 6. The summed E-state index contributed by atoms with van der Waals surface area (Å²) in [4.78, 5) is 2.40. The van der Waals surface area contributed by atoms with E-state index < -0.39 is 12.0 Å². The van der Waals surface area contributed by atoms with Crippen LogP contribution >= 0.6 is 0 Å². The highest BCUT2D eigenvalue weighted by Crippen LogP contribution is 2.29. The van der Waals surface area contributed by atoms with Crippen molar-refractivity contribution in [2.75, 3.05) is 32.1 Å². The second kappa shape index (κ2) is 8.47. The van der Waals surface area contributed by atoms with E-state index in [1.54, 1.807) is 13.2 Å². The van der Waals surface area contributed by atoms with Gasteiger partial charge in [-0.15, -0.1) is 15.3 Å². The lowest BCUT2D eigenvalue weighted by molar-refractivity contribution is -0.146. The first kappa shape index (κ1) is 20.4. The van der Waals surface area contributed by atoms with E-state index in [-0.39, 0.29) is 11.7 Å². The minimum Gasteiger partial charge on any atom is -0.497 e. The molecule has 1 aliphatic heterocycles. The zero-order valence-electron chi connectivity index (χ0n) is 16.6. The number of hydrogen-bond acceptors (Lipinski definition) is 6. The Bertz CT molecular complexity index is 982. The summed E-state index contributed by atoms with van der Waals surface area (Å²) in [5.41, 5.74) is 1.17. The highest BCUT2D eigenvalue weighted by atomic mass is 19.4. The number of nitrogens with one attached hydrogen (secondary N) is 1. The lowest BCUT2D eigenvalue weighted by atomic mass is 10.0. The van der Waals surface area contributed by atoms with Crippen LogP contribution in [0.2, 0.25) is 0 Å². The lowest BCUT2D eigenvalue weighted by Gasteiger charge is -2.35. The molecule has 3 aromatic rings. The molecule has 1 aliphatic rings. The Labute approximate surface area is 171 Å². The number of alkyl halides is 3. The van der Waals surface area contributed by atoms with E-state index in [1.165, 1.54) is 12.5 Å². The number of anilines is 1. The van der Waals surface area contributed by atoms with E-state index in [1.807, 2.05) is 24.3 Å². The molecule has 3 heterocycles. The Morgan fingerprint density at radius 1 is 1.03 bits per heavy atom. The van der Waals surface area contributed by atoms with Gasteiger partial charge in [-0.3, -0.25) is 4.90 Å². The second-order valence-corrected chi connectivity index (χ2v) is 7.28. The fourth-order valence-electron chi connectivity index (χ4n) is 3.78. The number of hydrogen-bond donors (Lipinski definition) is 1. The monoisotopic (exact) mass is 420 g/mol. The van der Waals surface area contributed by atoms with Crippen LogP contribution in [0.5, 0.6) is 5.75 Å². The Kier molecular flexibility index (Phi) is 5.76. The van der Waals surface area contributed by atoms with Crippen LogP contribution < -0.4 is 10.1 Å². The molecule has 160 valence electrons. The van der Waals surface area contributed by atoms with Gasteiger partial charge in [0.1, 0.15) is 11.6 Å². The average Bonchev–Trinajstić information content (AvgIpc) is 3.19. The van der Waals surface area contributed by atoms with E-state index >= 15 is 0 Å². The predicted molar refractivity (Wildman–Crippen MR) is 105 cm³/mol. The quantitative estimate of drug-likeness (QED) is 0.655. The van der Waals surface area contributed by atoms with E-state index in [9.17, 15) is 13.2 Å². The number of likely N-dealkylation sites (tertiary alicyclic amines) is 1. The third-order valence-electron chi connectivity index (χ3n) is 5.32. The van der Waals surface area contributed by atoms with Gasteiger partial charge in [0.15, 0.2) is 5.65 Å². The molecule has 0 spiro atoms. The molecule has 10 heteroatoms. The third-order valence-corrected chi connectivity index (χ3v) is 5.32. The zero-order valence-corrected chi connectivity index (χ0v) is 16.6. The normalized spacial score (nSPS) is 16.5. The van der Waals surface area contributed by atoms with Crippen molar-refractivity contribution in [2.24, 2.45) is 0 Å². The Hall–Kier alpha value is -2.88. The molecule has 0 saturated carbocycles. The lowest BCUT2D eigenvalue weighted by Crippen LogP contribution is -2.37. The third kappa shape index (κ3) is 4.33. The number of nitrogens with zero attached hydrogens (tertiary/aromatic N) is 5. The number of benzene rings is 1. The molecule has 1 saturated heterocycles. The van der Waals surface area contributed by atoms with Gasteiger partial charge in [0, 0.05) is 6.54 Å². The number of ether oxygens (including phenoxy) is 1. The highest BCUT2D eigenvalue weighted by molar-refractivity contribution is 5.44. The van der Waals surface area contributed by atoms with Crippen LogP contribution in [0.1, 0.15) is 36.7 Å². The smallest absolute Gasteiger partial charge is 0.453 e. The van der Waals surface area contributed by atoms with Gasteiger partial charge in [0.25, 0.3) is 5.82 Å². The fraction of sp³-hybridized carbons (Fsp3) is 0.450. The maximum absolute atomic E-state index is 13.1. The molecular weight excluding hydrogens is 397 g/mol. The van der Waals surface area contributed by atoms with Crippen molar-refractivity contribution in [1.29, 1.82) is 0 Å². The molecule has 1 aromatic carbocycles. The summed E-state index contributed by atoms with van der Waals surface area (Å²) in [6, 6.07) is 11.0. The minimum absolute atomic E-state index is 0.0515. The molecule has 2 aromatic heterocycles. The van der Waals surface area contributed by atoms with Gasteiger partial charge >= 0.3 is 6.18 Å². The summed E-state index contributed by atoms with van der Waals surface area (Å²) in [7, 11) is 1.63. The first-order valence-corrected chi connectivity index (χ1v) is 9.87. The van der Waals surface area contributed by atoms with Gasteiger partial charge in [0.2, 0.25) is 0 Å². The van der Waals surface area contributed by atoms with Crippen molar-refractivity contribution in [2.45, 2.75) is 31.5 Å². The van der Waals surface area contributed by atoms with E-state index in [2.05, 4.69) is 25.5 Å². The molecule has 4 rings (SSSR count). The molecule has 0 amide bonds. The first-order chi connectivity index (χ1) is 14.5. The molecule has 0 aliphatic carbocycles. The van der Waals surface area contributed by atoms with E-state index in [0.717, 1.165) is 41.8 Å². The van der Waals surface area contributed by atoms with Crippen molar-refractivity contribution in [3.63, 3.8) is 0 Å². The average molecular weight is 420 g/mol. The van der Waals surface area contributed by atoms with Gasteiger partial charge in [-0.1, -0.05) is 18.6 Å². The van der Waals surface area contributed by atoms with Gasteiger partial charge in [-0.25, -0.2) is 0 Å². The number of aromatic nitrogens is 4. The molecule has 0 bridgehead atoms. The van der Waals surface area contributed by atoms with Crippen LogP contribution in [-0.2, 0) is 6.18 Å². The van der Waals surface area contributed by atoms with Crippen LogP contribution in [0.15, 0.2) is 36.4 Å². The van der Waals surface area contributed by atoms with Gasteiger partial charge in [0.05, 0.1) is 13.2 Å². The topological polar surface area (TPSA) is 67.6 Å². The Morgan fingerprint density at radius 2 is 1.77 bits per heavy atom. The Morgan fingerprint density at radius 3 is 2.43 bits per heavy atom. The van der Waals surface area contributed by atoms with E-state index in [4.69, 9.17) is 4.74 Å². The maximum atomic E-state index is 13.1. The summed E-state index contributed by atoms with van der Waals surface area (Å²) in [6.45, 7) is 2.47. The summed E-state index contributed by atoms with van der Waals surface area (Å²) < 4.78 is 45.3. The van der Waals surface area contributed by atoms with Gasteiger partial charge in [-0.2, -0.15) is 17.7 Å². The zero-order chi connectivity index (χ0) is 21.1. The highest BCUT2D eigenvalue weighted by Gasteiger charge is 2.37. The summed E-state index contributed by atoms with van der Waals surface area (Å²) in [6.07, 6.45) is -1.14. The summed E-state index contributed by atoms with van der Waals surface area (Å²) in [5, 5.41) is 14.0. The summed E-state index contributed by atoms with van der Waals surface area (Å²) in [5.74, 6) is -0.0179. The fourth-order valence-corrected chi connectivity index (χ4v) is 3.78. The van der Waals surface area contributed by atoms with Gasteiger partial charge in [-0.05, 0) is 55.8 Å². The predicted octanol–water partition coefficient (Wildman–Crippen LogP) is 3.79. The van der Waals surface area contributed by atoms with Crippen LogP contribution in [-0.4, -0.2) is 51.5 Å². The van der Waals surface area contributed by atoms with Crippen molar-refractivity contribution < 1.29 is 17.9 Å². The second-order valence-electron chi connectivity index (χ2n) is 7.28. The molecule has 1 fully saturated rings. The summed E-state index contributed by atoms with van der Waals surface area (Å²) >= 11 is 0. The van der Waals surface area contributed by atoms with Gasteiger partial charge < -0.3 is 10.1 Å². The Balaban J connectivity index is 1.57. The molecular formula is C20H23F3N6O. The number of fused-ring (bicyclic) bond motifs is 1. The first-order valence-electron chi connectivity index (χ1n) is 9.87. The molecule has 1 atom stereocenters. The van der Waals surface area contributed by atoms with Crippen molar-refractivity contribution in [1.82, 2.24) is 24.7 Å². The van der Waals surface area contributed by atoms with Crippen molar-refractivity contribution in [3.05, 3.63) is 47.8 Å². The molecule has 0 radical (unpaired) electrons. The largest absolute Gasteiger partial charge is 0.497 e. The molecule has 1 N–H and O–H groups in total. The number of methoxy groups -OCH3 is 1. The number of halogens is 3. The van der Waals surface area contributed by atoms with Crippen molar-refractivity contribution in [3.8, 4) is 5.75 Å². The number of piperidine rings is 1. The minimum atomic E-state index is -4.62. The maximum Gasteiger partial charge on any atom is 0.453 e. The van der Waals surface area contributed by atoms with Crippen LogP contribution in [0.4, 0.5) is 19.0 Å². The molecule has 0 unspecified atom stereocenters. The molecule has 7 nitrogen and oxygen atoms in total. The van der Waals surface area contributed by atoms with E-state index in [0.29, 0.717) is 12.4 Å². The van der Waals surface area contributed by atoms with Crippen LogP contribution in [0.25, 0.3) is 5.65 Å². The van der Waals surface area contributed by atoms with Crippen LogP contribution in [0, 0.1) is 0 Å². The standard InChI is InChI=1S/C20H23F3N6O/c1-30-15-7-5-14(6-8-15)16(28-11-3-2-4-12-28)13-24-17-9-10-18-25-26-19(20(21,22)23)29(18)27-17/h5-10,16H,2-4,11-13H2,1H3,(H,24,27)/t16-/m0/s1. The van der Waals surface area contributed by atoms with Crippen molar-refractivity contribution >= 4 is 11.5 Å². The molecule has 30 heavy (non-hydrogen) atoms. The van der Waals surface area contributed by atoms with Crippen LogP contribution in [0.3, 0.4) is 0 Å². The SMILES string of the molecule is COc1ccc([C@H](CNc2ccc3nnc(C(F)(F)F)n3n2)N2CCCCC2)cc1.